The van der Waals surface area contributed by atoms with Crippen molar-refractivity contribution in [3.8, 4) is 5.75 Å². The third-order valence-corrected chi connectivity index (χ3v) is 4.11. The Morgan fingerprint density at radius 1 is 1.23 bits per heavy atom. The summed E-state index contributed by atoms with van der Waals surface area (Å²) in [5.74, 6) is 0.201. The summed E-state index contributed by atoms with van der Waals surface area (Å²) in [5, 5.41) is 12.0. The molecule has 0 bridgehead atoms. The zero-order valence-electron chi connectivity index (χ0n) is 14.3. The summed E-state index contributed by atoms with van der Waals surface area (Å²) in [6.45, 7) is 1.19. The highest BCUT2D eigenvalue weighted by Gasteiger charge is 2.13. The second-order valence-electron chi connectivity index (χ2n) is 5.68. The van der Waals surface area contributed by atoms with Crippen molar-refractivity contribution in [3.05, 3.63) is 64.4 Å². The molecule has 0 aliphatic carbocycles. The number of ether oxygens (including phenoxy) is 1. The summed E-state index contributed by atoms with van der Waals surface area (Å²) in [5.41, 5.74) is 0.466. The van der Waals surface area contributed by atoms with E-state index in [0.717, 1.165) is 10.2 Å². The summed E-state index contributed by atoms with van der Waals surface area (Å²) in [4.78, 5) is 13.8. The van der Waals surface area contributed by atoms with Crippen molar-refractivity contribution in [1.29, 1.82) is 0 Å². The van der Waals surface area contributed by atoms with E-state index < -0.39 is 0 Å². The molecule has 0 heterocycles. The number of nitrogens with one attached hydrogen (secondary N) is 1. The Balaban J connectivity index is 1.78. The highest BCUT2D eigenvalue weighted by atomic mass is 79.9. The predicted molar refractivity (Wildman–Crippen MR) is 101 cm³/mol. The molecular weight excluding hydrogens is 403 g/mol. The highest BCUT2D eigenvalue weighted by molar-refractivity contribution is 9.10. The first-order valence-corrected chi connectivity index (χ1v) is 9.09. The average Bonchev–Trinajstić information content (AvgIpc) is 2.63. The number of hydrogen-bond acceptors (Lipinski definition) is 4. The Hall–Kier alpha value is -1.96. The summed E-state index contributed by atoms with van der Waals surface area (Å²) in [7, 11) is 0. The van der Waals surface area contributed by atoms with E-state index in [1.807, 2.05) is 30.3 Å². The number of benzene rings is 2. The Labute approximate surface area is 160 Å². The van der Waals surface area contributed by atoms with E-state index in [9.17, 15) is 14.3 Å². The first kappa shape index (κ1) is 20.4. The van der Waals surface area contributed by atoms with Gasteiger partial charge < -0.3 is 15.2 Å². The number of rotatable bonds is 10. The molecule has 0 aromatic heterocycles. The second-order valence-corrected chi connectivity index (χ2v) is 6.60. The van der Waals surface area contributed by atoms with E-state index in [0.29, 0.717) is 18.7 Å². The van der Waals surface area contributed by atoms with Crippen LogP contribution in [-0.2, 0) is 11.3 Å². The number of nitrogens with zero attached hydrogens (tertiary/aromatic N) is 1. The number of carbonyl (C=O) groups is 1. The SMILES string of the molecule is O=C(CN(CCO)Cc1cc(Br)ccc1F)NCCOc1ccccc1. The van der Waals surface area contributed by atoms with E-state index in [4.69, 9.17) is 4.74 Å². The lowest BCUT2D eigenvalue weighted by atomic mass is 10.2. The smallest absolute Gasteiger partial charge is 0.234 e. The second kappa shape index (κ2) is 10.9. The zero-order chi connectivity index (χ0) is 18.8. The van der Waals surface area contributed by atoms with Crippen molar-refractivity contribution in [2.45, 2.75) is 6.54 Å². The van der Waals surface area contributed by atoms with Crippen molar-refractivity contribution < 1.29 is 19.0 Å². The summed E-state index contributed by atoms with van der Waals surface area (Å²) >= 11 is 3.31. The van der Waals surface area contributed by atoms with Crippen molar-refractivity contribution in [2.75, 3.05) is 32.8 Å². The van der Waals surface area contributed by atoms with Gasteiger partial charge in [-0.3, -0.25) is 9.69 Å². The topological polar surface area (TPSA) is 61.8 Å². The van der Waals surface area contributed by atoms with Gasteiger partial charge in [0.15, 0.2) is 0 Å². The maximum absolute atomic E-state index is 13.9. The van der Waals surface area contributed by atoms with Crippen LogP contribution in [0.15, 0.2) is 53.0 Å². The summed E-state index contributed by atoms with van der Waals surface area (Å²) in [6, 6.07) is 14.0. The van der Waals surface area contributed by atoms with Crippen LogP contribution in [0.4, 0.5) is 4.39 Å². The minimum absolute atomic E-state index is 0.0673. The third kappa shape index (κ3) is 7.11. The van der Waals surface area contributed by atoms with Gasteiger partial charge in [0.1, 0.15) is 18.2 Å². The average molecular weight is 425 g/mol. The van der Waals surface area contributed by atoms with Gasteiger partial charge in [0.25, 0.3) is 0 Å². The van der Waals surface area contributed by atoms with E-state index in [1.54, 1.807) is 17.0 Å². The van der Waals surface area contributed by atoms with Gasteiger partial charge in [-0.05, 0) is 30.3 Å². The number of para-hydroxylation sites is 1. The first-order valence-electron chi connectivity index (χ1n) is 8.30. The van der Waals surface area contributed by atoms with E-state index in [-0.39, 0.29) is 38.0 Å². The molecule has 0 spiro atoms. The molecule has 0 saturated carbocycles. The molecule has 0 aliphatic rings. The number of aliphatic hydroxyl groups is 1. The molecule has 0 unspecified atom stereocenters. The van der Waals surface area contributed by atoms with Gasteiger partial charge in [0.2, 0.25) is 5.91 Å². The van der Waals surface area contributed by atoms with Crippen LogP contribution in [0.1, 0.15) is 5.56 Å². The molecule has 0 saturated heterocycles. The van der Waals surface area contributed by atoms with Crippen LogP contribution in [0.25, 0.3) is 0 Å². The van der Waals surface area contributed by atoms with Crippen molar-refractivity contribution in [3.63, 3.8) is 0 Å². The molecule has 0 radical (unpaired) electrons. The van der Waals surface area contributed by atoms with Crippen LogP contribution >= 0.6 is 15.9 Å². The monoisotopic (exact) mass is 424 g/mol. The normalized spacial score (nSPS) is 10.8. The van der Waals surface area contributed by atoms with Gasteiger partial charge in [-0.25, -0.2) is 4.39 Å². The van der Waals surface area contributed by atoms with Crippen molar-refractivity contribution in [2.24, 2.45) is 0 Å². The Kier molecular flexibility index (Phi) is 8.53. The molecule has 5 nitrogen and oxygen atoms in total. The van der Waals surface area contributed by atoms with Crippen LogP contribution in [0.5, 0.6) is 5.75 Å². The quantitative estimate of drug-likeness (QED) is 0.575. The van der Waals surface area contributed by atoms with E-state index in [1.165, 1.54) is 6.07 Å². The molecule has 140 valence electrons. The number of amides is 1. The summed E-state index contributed by atoms with van der Waals surface area (Å²) in [6.07, 6.45) is 0. The molecule has 2 aromatic rings. The maximum Gasteiger partial charge on any atom is 0.234 e. The fourth-order valence-electron chi connectivity index (χ4n) is 2.40. The third-order valence-electron chi connectivity index (χ3n) is 3.62. The molecule has 0 aliphatic heterocycles. The van der Waals surface area contributed by atoms with Gasteiger partial charge in [-0.1, -0.05) is 34.1 Å². The first-order chi connectivity index (χ1) is 12.6. The summed E-state index contributed by atoms with van der Waals surface area (Å²) < 4.78 is 20.2. The van der Waals surface area contributed by atoms with E-state index >= 15 is 0 Å². The van der Waals surface area contributed by atoms with Gasteiger partial charge in [-0.2, -0.15) is 0 Å². The van der Waals surface area contributed by atoms with Crippen molar-refractivity contribution in [1.82, 2.24) is 10.2 Å². The lowest BCUT2D eigenvalue weighted by molar-refractivity contribution is -0.122. The molecule has 2 N–H and O–H groups in total. The van der Waals surface area contributed by atoms with Crippen LogP contribution in [0.3, 0.4) is 0 Å². The highest BCUT2D eigenvalue weighted by Crippen LogP contribution is 2.17. The Morgan fingerprint density at radius 2 is 2.00 bits per heavy atom. The van der Waals surface area contributed by atoms with Gasteiger partial charge in [0.05, 0.1) is 19.7 Å². The zero-order valence-corrected chi connectivity index (χ0v) is 15.9. The number of carbonyl (C=O) groups excluding carboxylic acids is 1. The van der Waals surface area contributed by atoms with Gasteiger partial charge in [0, 0.05) is 23.1 Å². The molecule has 1 amide bonds. The maximum atomic E-state index is 13.9. The van der Waals surface area contributed by atoms with Crippen LogP contribution in [-0.4, -0.2) is 48.8 Å². The molecular formula is C19H22BrFN2O3. The number of aliphatic hydroxyl groups excluding tert-OH is 1. The molecule has 0 fully saturated rings. The standard InChI is InChI=1S/C19H22BrFN2O3/c20-16-6-7-18(21)15(12-16)13-23(9-10-24)14-19(25)22-8-11-26-17-4-2-1-3-5-17/h1-7,12,24H,8-11,13-14H2,(H,22,25). The molecule has 2 rings (SSSR count). The van der Waals surface area contributed by atoms with E-state index in [2.05, 4.69) is 21.2 Å². The lowest BCUT2D eigenvalue weighted by Gasteiger charge is -2.21. The molecule has 0 atom stereocenters. The predicted octanol–water partition coefficient (Wildman–Crippen LogP) is 2.58. The van der Waals surface area contributed by atoms with Crippen LogP contribution in [0.2, 0.25) is 0 Å². The van der Waals surface area contributed by atoms with Crippen molar-refractivity contribution >= 4 is 21.8 Å². The molecule has 2 aromatic carbocycles. The fraction of sp³-hybridized carbons (Fsp3) is 0.316. The van der Waals surface area contributed by atoms with Gasteiger partial charge >= 0.3 is 0 Å². The Bertz CT molecular complexity index is 700. The molecule has 7 heteroatoms. The largest absolute Gasteiger partial charge is 0.492 e. The lowest BCUT2D eigenvalue weighted by Crippen LogP contribution is -2.39. The Morgan fingerprint density at radius 3 is 2.73 bits per heavy atom. The van der Waals surface area contributed by atoms with Crippen LogP contribution in [0, 0.1) is 5.82 Å². The molecule has 26 heavy (non-hydrogen) atoms. The number of hydrogen-bond donors (Lipinski definition) is 2. The fourth-order valence-corrected chi connectivity index (χ4v) is 2.80. The minimum atomic E-state index is -0.340. The van der Waals surface area contributed by atoms with Gasteiger partial charge in [-0.15, -0.1) is 0 Å². The number of halogens is 2. The minimum Gasteiger partial charge on any atom is -0.492 e. The van der Waals surface area contributed by atoms with Crippen LogP contribution < -0.4 is 10.1 Å².